The highest BCUT2D eigenvalue weighted by Gasteiger charge is 2.40. The maximum Gasteiger partial charge on any atom is 0.437 e. The van der Waals surface area contributed by atoms with Crippen molar-refractivity contribution in [1.29, 1.82) is 0 Å². The van der Waals surface area contributed by atoms with E-state index in [1.54, 1.807) is 0 Å². The van der Waals surface area contributed by atoms with E-state index in [1.165, 1.54) is 7.11 Å². The molecule has 1 aromatic carbocycles. The van der Waals surface area contributed by atoms with Crippen LogP contribution in [-0.2, 0) is 22.1 Å². The van der Waals surface area contributed by atoms with Gasteiger partial charge in [0.15, 0.2) is 17.2 Å². The van der Waals surface area contributed by atoms with Crippen LogP contribution in [0.2, 0.25) is 0 Å². The van der Waals surface area contributed by atoms with Crippen molar-refractivity contribution in [2.45, 2.75) is 37.8 Å². The Balaban J connectivity index is 1.72. The molecule has 10 heteroatoms. The lowest BCUT2D eigenvalue weighted by molar-refractivity contribution is -0.187. The molecule has 156 valence electrons. The summed E-state index contributed by atoms with van der Waals surface area (Å²) in [5.41, 5.74) is 0.796. The second-order valence-corrected chi connectivity index (χ2v) is 7.64. The minimum atomic E-state index is -4.70. The summed E-state index contributed by atoms with van der Waals surface area (Å²) in [7, 11) is 1.33. The maximum absolute atomic E-state index is 13.8. The Morgan fingerprint density at radius 3 is 2.66 bits per heavy atom. The Labute approximate surface area is 173 Å². The zero-order valence-electron chi connectivity index (χ0n) is 15.6. The number of alkyl halides is 3. The molecule has 1 saturated heterocycles. The number of methoxy groups -OCH3 is 1. The molecular weight excluding hydrogens is 455 g/mol. The van der Waals surface area contributed by atoms with Crippen LogP contribution in [0.1, 0.15) is 47.7 Å². The number of hydrogen-bond acceptors (Lipinski definition) is 6. The summed E-state index contributed by atoms with van der Waals surface area (Å²) in [5, 5.41) is 2.93. The number of aromatic nitrogens is 2. The summed E-state index contributed by atoms with van der Waals surface area (Å²) < 4.78 is 58.4. The maximum atomic E-state index is 13.8. The molecule has 1 fully saturated rings. The Kier molecular flexibility index (Phi) is 5.67. The van der Waals surface area contributed by atoms with Gasteiger partial charge in [-0.05, 0) is 36.5 Å². The van der Waals surface area contributed by atoms with E-state index in [0.717, 1.165) is 22.0 Å². The van der Waals surface area contributed by atoms with Gasteiger partial charge in [-0.25, -0.2) is 4.98 Å². The predicted molar refractivity (Wildman–Crippen MR) is 102 cm³/mol. The van der Waals surface area contributed by atoms with Crippen LogP contribution in [0.25, 0.3) is 0 Å². The van der Waals surface area contributed by atoms with Crippen LogP contribution in [-0.4, -0.2) is 30.3 Å². The number of fused-ring (bicyclic) bond motifs is 1. The Morgan fingerprint density at radius 2 is 1.97 bits per heavy atom. The van der Waals surface area contributed by atoms with Crippen LogP contribution in [0.4, 0.5) is 19.0 Å². The van der Waals surface area contributed by atoms with Crippen molar-refractivity contribution >= 4 is 21.7 Å². The second-order valence-electron chi connectivity index (χ2n) is 6.78. The van der Waals surface area contributed by atoms with Crippen LogP contribution < -0.4 is 10.1 Å². The van der Waals surface area contributed by atoms with E-state index in [1.807, 2.05) is 18.2 Å². The lowest BCUT2D eigenvalue weighted by Crippen LogP contribution is -2.23. The van der Waals surface area contributed by atoms with E-state index >= 15 is 0 Å². The highest BCUT2D eigenvalue weighted by atomic mass is 79.9. The summed E-state index contributed by atoms with van der Waals surface area (Å²) in [6.07, 6.45) is -3.68. The molecule has 1 aliphatic heterocycles. The monoisotopic (exact) mass is 473 g/mol. The van der Waals surface area contributed by atoms with Gasteiger partial charge in [-0.15, -0.1) is 0 Å². The normalized spacial score (nSPS) is 19.8. The zero-order valence-corrected chi connectivity index (χ0v) is 17.1. The zero-order chi connectivity index (χ0) is 20.6. The number of benzene rings is 1. The van der Waals surface area contributed by atoms with Gasteiger partial charge in [-0.1, -0.05) is 28.1 Å². The fourth-order valence-corrected chi connectivity index (χ4v) is 4.19. The first-order valence-corrected chi connectivity index (χ1v) is 9.98. The summed E-state index contributed by atoms with van der Waals surface area (Å²) in [5.74, 6) is -0.424. The van der Waals surface area contributed by atoms with Gasteiger partial charge in [-0.2, -0.15) is 18.2 Å². The molecule has 2 aliphatic rings. The van der Waals surface area contributed by atoms with Gasteiger partial charge < -0.3 is 19.5 Å². The highest BCUT2D eigenvalue weighted by molar-refractivity contribution is 9.10. The molecule has 0 spiro atoms. The van der Waals surface area contributed by atoms with E-state index < -0.39 is 18.2 Å². The van der Waals surface area contributed by atoms with Gasteiger partial charge in [0.2, 0.25) is 12.2 Å². The van der Waals surface area contributed by atoms with Crippen LogP contribution >= 0.6 is 15.9 Å². The molecule has 2 aromatic rings. The third-order valence-corrected chi connectivity index (χ3v) is 5.67. The van der Waals surface area contributed by atoms with E-state index in [0.29, 0.717) is 26.1 Å². The molecule has 6 nitrogen and oxygen atoms in total. The fraction of sp³-hybridized carbons (Fsp3) is 0.474. The minimum absolute atomic E-state index is 0.0557. The summed E-state index contributed by atoms with van der Waals surface area (Å²) >= 11 is 3.50. The van der Waals surface area contributed by atoms with Crippen LogP contribution in [0.15, 0.2) is 22.7 Å². The van der Waals surface area contributed by atoms with Crippen molar-refractivity contribution in [2.24, 2.45) is 0 Å². The average molecular weight is 474 g/mol. The first-order valence-electron chi connectivity index (χ1n) is 9.18. The van der Waals surface area contributed by atoms with Crippen molar-refractivity contribution < 1.29 is 27.4 Å². The topological polar surface area (TPSA) is 65.5 Å². The van der Waals surface area contributed by atoms with Crippen molar-refractivity contribution in [2.75, 3.05) is 25.6 Å². The number of rotatable bonds is 4. The number of anilines is 1. The van der Waals surface area contributed by atoms with Gasteiger partial charge >= 0.3 is 6.18 Å². The molecule has 1 N–H and O–H groups in total. The summed E-state index contributed by atoms with van der Waals surface area (Å²) in [6, 6.07) is 5.38. The summed E-state index contributed by atoms with van der Waals surface area (Å²) in [4.78, 5) is 7.92. The number of nitrogens with one attached hydrogen (secondary N) is 1. The largest absolute Gasteiger partial charge is 0.480 e. The molecule has 0 saturated carbocycles. The molecule has 0 amide bonds. The number of hydrogen-bond donors (Lipinski definition) is 1. The molecule has 1 aromatic heterocycles. The third-order valence-electron chi connectivity index (χ3n) is 4.93. The van der Waals surface area contributed by atoms with E-state index in [4.69, 9.17) is 14.2 Å². The Morgan fingerprint density at radius 1 is 1.21 bits per heavy atom. The van der Waals surface area contributed by atoms with Crippen molar-refractivity contribution in [3.05, 3.63) is 45.2 Å². The molecule has 0 bridgehead atoms. The average Bonchev–Trinajstić information content (AvgIpc) is 3.11. The lowest BCUT2D eigenvalue weighted by atomic mass is 10.1. The molecular formula is C19H19BrF3N3O3. The standard InChI is InChI=1S/C19H19BrF3N3O3/c1-27-17-14(18-28-8-3-9-29-18)25-15(19(21,22)23)16(26-17)24-13-7-6-10-11(13)4-2-5-12(10)20/h2,4-5,13,18H,3,6-9H2,1H3,(H,24,26). The van der Waals surface area contributed by atoms with E-state index in [9.17, 15) is 13.2 Å². The van der Waals surface area contributed by atoms with Gasteiger partial charge in [0.1, 0.15) is 0 Å². The summed E-state index contributed by atoms with van der Waals surface area (Å²) in [6.45, 7) is 0.731. The van der Waals surface area contributed by atoms with E-state index in [2.05, 4.69) is 31.2 Å². The van der Waals surface area contributed by atoms with Crippen molar-refractivity contribution in [3.8, 4) is 5.88 Å². The SMILES string of the molecule is COc1nc(NC2CCc3c(Br)cccc32)c(C(F)(F)F)nc1C1OCCCO1. The van der Waals surface area contributed by atoms with Crippen LogP contribution in [0.5, 0.6) is 5.88 Å². The Bertz CT molecular complexity index is 904. The van der Waals surface area contributed by atoms with Gasteiger partial charge in [0, 0.05) is 4.47 Å². The highest BCUT2D eigenvalue weighted by Crippen LogP contribution is 2.41. The van der Waals surface area contributed by atoms with Crippen molar-refractivity contribution in [3.63, 3.8) is 0 Å². The predicted octanol–water partition coefficient (Wildman–Crippen LogP) is 4.80. The molecule has 1 unspecified atom stereocenters. The minimum Gasteiger partial charge on any atom is -0.480 e. The van der Waals surface area contributed by atoms with Gasteiger partial charge in [0.05, 0.1) is 26.4 Å². The number of halogens is 4. The van der Waals surface area contributed by atoms with Crippen LogP contribution in [0.3, 0.4) is 0 Å². The molecule has 4 rings (SSSR count). The van der Waals surface area contributed by atoms with E-state index in [-0.39, 0.29) is 23.4 Å². The number of ether oxygens (including phenoxy) is 3. The fourth-order valence-electron chi connectivity index (χ4n) is 3.61. The van der Waals surface area contributed by atoms with Gasteiger partial charge in [-0.3, -0.25) is 0 Å². The molecule has 2 heterocycles. The van der Waals surface area contributed by atoms with Gasteiger partial charge in [0.25, 0.3) is 0 Å². The van der Waals surface area contributed by atoms with Crippen molar-refractivity contribution in [1.82, 2.24) is 9.97 Å². The molecule has 0 radical (unpaired) electrons. The van der Waals surface area contributed by atoms with Crippen LogP contribution in [0, 0.1) is 0 Å². The smallest absolute Gasteiger partial charge is 0.437 e. The quantitative estimate of drug-likeness (QED) is 0.687. The second kappa shape index (κ2) is 8.08. The molecule has 1 atom stereocenters. The Hall–Kier alpha value is -1.91. The number of nitrogens with zero attached hydrogens (tertiary/aromatic N) is 2. The third kappa shape index (κ3) is 4.06. The first kappa shape index (κ1) is 20.4. The first-order chi connectivity index (χ1) is 13.9. The lowest BCUT2D eigenvalue weighted by Gasteiger charge is -2.25. The molecule has 1 aliphatic carbocycles. The molecule has 29 heavy (non-hydrogen) atoms.